The number of benzene rings is 1. The van der Waals surface area contributed by atoms with Crippen LogP contribution in [-0.2, 0) is 6.18 Å². The lowest BCUT2D eigenvalue weighted by Gasteiger charge is -2.10. The summed E-state index contributed by atoms with van der Waals surface area (Å²) in [6.45, 7) is 0. The Hall–Kier alpha value is -1.75. The van der Waals surface area contributed by atoms with Crippen LogP contribution >= 0.6 is 11.6 Å². The summed E-state index contributed by atoms with van der Waals surface area (Å²) < 4.78 is 42.9. The van der Waals surface area contributed by atoms with E-state index in [1.807, 2.05) is 0 Å². The van der Waals surface area contributed by atoms with E-state index in [1.54, 1.807) is 6.07 Å². The number of hydrogen-bond donors (Lipinski definition) is 0. The predicted octanol–water partition coefficient (Wildman–Crippen LogP) is 4.43. The molecule has 100 valence electrons. The first kappa shape index (κ1) is 13.7. The van der Waals surface area contributed by atoms with Gasteiger partial charge in [-0.3, -0.25) is 0 Å². The fraction of sp³-hybridized carbons (Fsp3) is 0.154. The number of pyridine rings is 1. The molecule has 0 aliphatic carbocycles. The average Bonchev–Trinajstić information content (AvgIpc) is 2.38. The third kappa shape index (κ3) is 2.98. The van der Waals surface area contributed by atoms with Gasteiger partial charge >= 0.3 is 6.18 Å². The Labute approximate surface area is 112 Å². The molecule has 0 fully saturated rings. The lowest BCUT2D eigenvalue weighted by atomic mass is 10.0. The van der Waals surface area contributed by atoms with Crippen LogP contribution in [0, 0.1) is 0 Å². The predicted molar refractivity (Wildman–Crippen MR) is 66.2 cm³/mol. The molecule has 0 unspecified atom stereocenters. The normalized spacial score (nSPS) is 11.4. The van der Waals surface area contributed by atoms with Crippen LogP contribution in [-0.4, -0.2) is 12.1 Å². The molecule has 0 bridgehead atoms. The lowest BCUT2D eigenvalue weighted by Crippen LogP contribution is -2.04. The summed E-state index contributed by atoms with van der Waals surface area (Å²) in [7, 11) is 1.42. The van der Waals surface area contributed by atoms with Gasteiger partial charge in [0.15, 0.2) is 0 Å². The van der Waals surface area contributed by atoms with Crippen molar-refractivity contribution in [3.8, 4) is 17.0 Å². The van der Waals surface area contributed by atoms with Crippen LogP contribution in [0.5, 0.6) is 5.88 Å². The van der Waals surface area contributed by atoms with Gasteiger partial charge in [-0.2, -0.15) is 13.2 Å². The van der Waals surface area contributed by atoms with E-state index in [9.17, 15) is 13.2 Å². The minimum absolute atomic E-state index is 0.264. The number of aromatic nitrogens is 1. The summed E-state index contributed by atoms with van der Waals surface area (Å²) in [5.41, 5.74) is 0.0805. The second-order valence-electron chi connectivity index (χ2n) is 3.79. The molecule has 0 spiro atoms. The summed E-state index contributed by atoms with van der Waals surface area (Å²) in [4.78, 5) is 3.88. The molecule has 0 aliphatic rings. The standard InChI is InChI=1S/C13H9ClF3NO/c1-19-12-6-10(11(14)7-18-12)8-3-2-4-9(5-8)13(15,16)17/h2-7H,1H3. The van der Waals surface area contributed by atoms with Crippen LogP contribution in [0.15, 0.2) is 36.5 Å². The number of ether oxygens (including phenoxy) is 1. The topological polar surface area (TPSA) is 22.1 Å². The number of hydrogen-bond acceptors (Lipinski definition) is 2. The Morgan fingerprint density at radius 1 is 1.21 bits per heavy atom. The third-order valence-corrected chi connectivity index (χ3v) is 2.84. The SMILES string of the molecule is COc1cc(-c2cccc(C(F)(F)F)c2)c(Cl)cn1. The first-order chi connectivity index (χ1) is 8.91. The van der Waals surface area contributed by atoms with E-state index in [0.717, 1.165) is 12.1 Å². The summed E-state index contributed by atoms with van der Waals surface area (Å²) in [5, 5.41) is 0.264. The molecule has 6 heteroatoms. The maximum atomic E-state index is 12.7. The number of nitrogens with zero attached hydrogens (tertiary/aromatic N) is 1. The van der Waals surface area contributed by atoms with Crippen molar-refractivity contribution in [3.05, 3.63) is 47.1 Å². The van der Waals surface area contributed by atoms with Crippen molar-refractivity contribution in [1.29, 1.82) is 0 Å². The van der Waals surface area contributed by atoms with Gasteiger partial charge in [-0.15, -0.1) is 0 Å². The van der Waals surface area contributed by atoms with E-state index in [4.69, 9.17) is 16.3 Å². The summed E-state index contributed by atoms with van der Waals surface area (Å²) in [5.74, 6) is 0.289. The number of halogens is 4. The lowest BCUT2D eigenvalue weighted by molar-refractivity contribution is -0.137. The van der Waals surface area contributed by atoms with Crippen molar-refractivity contribution in [3.63, 3.8) is 0 Å². The molecule has 0 saturated heterocycles. The van der Waals surface area contributed by atoms with Gasteiger partial charge in [0.2, 0.25) is 5.88 Å². The maximum absolute atomic E-state index is 12.7. The van der Waals surface area contributed by atoms with Gasteiger partial charge in [0.05, 0.1) is 23.9 Å². The van der Waals surface area contributed by atoms with E-state index >= 15 is 0 Å². The number of methoxy groups -OCH3 is 1. The van der Waals surface area contributed by atoms with Crippen LogP contribution < -0.4 is 4.74 Å². The van der Waals surface area contributed by atoms with Gasteiger partial charge in [0.25, 0.3) is 0 Å². The molecule has 0 amide bonds. The Bertz CT molecular complexity index is 599. The quantitative estimate of drug-likeness (QED) is 0.815. The fourth-order valence-corrected chi connectivity index (χ4v) is 1.83. The van der Waals surface area contributed by atoms with Crippen molar-refractivity contribution in [1.82, 2.24) is 4.98 Å². The van der Waals surface area contributed by atoms with Gasteiger partial charge in [0, 0.05) is 11.6 Å². The molecule has 2 rings (SSSR count). The highest BCUT2D eigenvalue weighted by Gasteiger charge is 2.30. The molecule has 1 aromatic carbocycles. The number of rotatable bonds is 2. The molecule has 0 radical (unpaired) electrons. The highest BCUT2D eigenvalue weighted by molar-refractivity contribution is 6.33. The largest absolute Gasteiger partial charge is 0.481 e. The molecular formula is C13H9ClF3NO. The van der Waals surface area contributed by atoms with E-state index < -0.39 is 11.7 Å². The molecule has 1 heterocycles. The zero-order chi connectivity index (χ0) is 14.0. The Morgan fingerprint density at radius 3 is 2.58 bits per heavy atom. The van der Waals surface area contributed by atoms with Crippen molar-refractivity contribution in [2.45, 2.75) is 6.18 Å². The van der Waals surface area contributed by atoms with Crippen LogP contribution in [0.4, 0.5) is 13.2 Å². The van der Waals surface area contributed by atoms with E-state index in [1.165, 1.54) is 25.4 Å². The smallest absolute Gasteiger partial charge is 0.416 e. The Balaban J connectivity index is 2.53. The average molecular weight is 288 g/mol. The van der Waals surface area contributed by atoms with E-state index in [0.29, 0.717) is 11.1 Å². The van der Waals surface area contributed by atoms with Crippen molar-refractivity contribution in [2.24, 2.45) is 0 Å². The first-order valence-electron chi connectivity index (χ1n) is 5.29. The second kappa shape index (κ2) is 5.09. The Morgan fingerprint density at radius 2 is 1.95 bits per heavy atom. The van der Waals surface area contributed by atoms with Crippen molar-refractivity contribution >= 4 is 11.6 Å². The summed E-state index contributed by atoms with van der Waals surface area (Å²) in [6.07, 6.45) is -3.05. The van der Waals surface area contributed by atoms with Crippen LogP contribution in [0.25, 0.3) is 11.1 Å². The fourth-order valence-electron chi connectivity index (χ4n) is 1.62. The van der Waals surface area contributed by atoms with E-state index in [2.05, 4.69) is 4.98 Å². The molecule has 2 nitrogen and oxygen atoms in total. The highest BCUT2D eigenvalue weighted by atomic mass is 35.5. The van der Waals surface area contributed by atoms with Gasteiger partial charge < -0.3 is 4.74 Å². The van der Waals surface area contributed by atoms with Crippen LogP contribution in [0.3, 0.4) is 0 Å². The molecule has 2 aromatic rings. The van der Waals surface area contributed by atoms with Gasteiger partial charge in [-0.1, -0.05) is 23.7 Å². The van der Waals surface area contributed by atoms with E-state index in [-0.39, 0.29) is 10.9 Å². The highest BCUT2D eigenvalue weighted by Crippen LogP contribution is 2.35. The molecule has 0 aliphatic heterocycles. The first-order valence-corrected chi connectivity index (χ1v) is 5.67. The minimum atomic E-state index is -4.39. The van der Waals surface area contributed by atoms with Crippen LogP contribution in [0.1, 0.15) is 5.56 Å². The number of alkyl halides is 3. The molecule has 19 heavy (non-hydrogen) atoms. The van der Waals surface area contributed by atoms with Crippen LogP contribution in [0.2, 0.25) is 5.02 Å². The zero-order valence-corrected chi connectivity index (χ0v) is 10.6. The van der Waals surface area contributed by atoms with Gasteiger partial charge in [-0.05, 0) is 17.7 Å². The third-order valence-electron chi connectivity index (χ3n) is 2.54. The molecule has 0 atom stereocenters. The monoisotopic (exact) mass is 287 g/mol. The molecule has 0 N–H and O–H groups in total. The summed E-state index contributed by atoms with van der Waals surface area (Å²) >= 11 is 5.96. The van der Waals surface area contributed by atoms with Crippen molar-refractivity contribution < 1.29 is 17.9 Å². The summed E-state index contributed by atoms with van der Waals surface area (Å²) in [6, 6.07) is 6.44. The second-order valence-corrected chi connectivity index (χ2v) is 4.19. The van der Waals surface area contributed by atoms with Gasteiger partial charge in [0.1, 0.15) is 0 Å². The Kier molecular flexibility index (Phi) is 3.66. The zero-order valence-electron chi connectivity index (χ0n) is 9.83. The van der Waals surface area contributed by atoms with Crippen molar-refractivity contribution in [2.75, 3.05) is 7.11 Å². The maximum Gasteiger partial charge on any atom is 0.416 e. The van der Waals surface area contributed by atoms with Gasteiger partial charge in [-0.25, -0.2) is 4.98 Å². The minimum Gasteiger partial charge on any atom is -0.481 e. The molecular weight excluding hydrogens is 279 g/mol. The molecule has 0 saturated carbocycles. The molecule has 1 aromatic heterocycles.